The zero-order valence-corrected chi connectivity index (χ0v) is 20.8. The summed E-state index contributed by atoms with van der Waals surface area (Å²) in [5, 5.41) is 15.9. The largest absolute Gasteiger partial charge is 0.457 e. The van der Waals surface area contributed by atoms with Crippen molar-refractivity contribution in [2.75, 3.05) is 10.6 Å². The Labute approximate surface area is 211 Å². The number of fused-ring (bicyclic) bond motifs is 1. The molecule has 7 nitrogen and oxygen atoms in total. The molecule has 0 saturated heterocycles. The van der Waals surface area contributed by atoms with Gasteiger partial charge in [0.2, 0.25) is 5.91 Å². The summed E-state index contributed by atoms with van der Waals surface area (Å²) in [6.07, 6.45) is 0. The third kappa shape index (κ3) is 5.60. The molecule has 9 heteroatoms. The molecule has 176 valence electrons. The molecule has 0 fully saturated rings. The highest BCUT2D eigenvalue weighted by atomic mass is 35.5. The van der Waals surface area contributed by atoms with Crippen molar-refractivity contribution in [3.05, 3.63) is 76.8 Å². The molecule has 1 heterocycles. The Balaban J connectivity index is 1.51. The van der Waals surface area contributed by atoms with E-state index in [-0.39, 0.29) is 11.8 Å². The molecule has 0 unspecified atom stereocenters. The van der Waals surface area contributed by atoms with E-state index in [1.54, 1.807) is 62.4 Å². The fraction of sp³-hybridized carbons (Fsp3) is 0.154. The molecule has 4 rings (SSSR count). The molecule has 0 bridgehead atoms. The Hall–Kier alpha value is -3.93. The highest BCUT2D eigenvalue weighted by Crippen LogP contribution is 2.33. The number of benzene rings is 3. The lowest BCUT2D eigenvalue weighted by molar-refractivity contribution is -0.114. The topological polar surface area (TPSA) is 104 Å². The van der Waals surface area contributed by atoms with Crippen molar-refractivity contribution in [3.8, 4) is 17.6 Å². The van der Waals surface area contributed by atoms with Gasteiger partial charge in [-0.3, -0.25) is 9.59 Å². The first-order valence-corrected chi connectivity index (χ1v) is 11.8. The van der Waals surface area contributed by atoms with E-state index < -0.39 is 5.41 Å². The van der Waals surface area contributed by atoms with Crippen LogP contribution in [0.15, 0.2) is 60.7 Å². The van der Waals surface area contributed by atoms with Crippen molar-refractivity contribution in [3.63, 3.8) is 0 Å². The van der Waals surface area contributed by atoms with Crippen LogP contribution in [-0.4, -0.2) is 16.8 Å². The summed E-state index contributed by atoms with van der Waals surface area (Å²) in [4.78, 5) is 28.5. The van der Waals surface area contributed by atoms with Crippen molar-refractivity contribution in [1.29, 1.82) is 5.26 Å². The van der Waals surface area contributed by atoms with Gasteiger partial charge in [0.05, 0.1) is 21.7 Å². The van der Waals surface area contributed by atoms with Crippen LogP contribution in [-0.2, 0) is 10.2 Å². The van der Waals surface area contributed by atoms with Crippen LogP contribution in [0.1, 0.15) is 36.7 Å². The molecule has 0 spiro atoms. The van der Waals surface area contributed by atoms with Crippen LogP contribution in [0, 0.1) is 11.3 Å². The van der Waals surface area contributed by atoms with Gasteiger partial charge in [-0.25, -0.2) is 4.98 Å². The predicted molar refractivity (Wildman–Crippen MR) is 138 cm³/mol. The zero-order chi connectivity index (χ0) is 25.2. The summed E-state index contributed by atoms with van der Waals surface area (Å²) >= 11 is 7.62. The first-order valence-electron chi connectivity index (χ1n) is 10.6. The zero-order valence-electron chi connectivity index (χ0n) is 19.2. The Morgan fingerprint density at radius 2 is 1.83 bits per heavy atom. The quantitative estimate of drug-likeness (QED) is 0.302. The van der Waals surface area contributed by atoms with E-state index in [4.69, 9.17) is 16.3 Å². The molecule has 0 aliphatic heterocycles. The number of hydrogen-bond donors (Lipinski definition) is 2. The first-order chi connectivity index (χ1) is 16.6. The summed E-state index contributed by atoms with van der Waals surface area (Å²) in [7, 11) is 0. The van der Waals surface area contributed by atoms with Gasteiger partial charge in [0.25, 0.3) is 5.91 Å². The Morgan fingerprint density at radius 1 is 1.06 bits per heavy atom. The maximum Gasteiger partial charge on any atom is 0.255 e. The first kappa shape index (κ1) is 24.2. The number of anilines is 2. The second-order valence-electron chi connectivity index (χ2n) is 8.35. The van der Waals surface area contributed by atoms with Crippen LogP contribution in [0.2, 0.25) is 5.02 Å². The molecule has 0 aliphatic rings. The number of nitrogens with one attached hydrogen (secondary N) is 2. The number of carbonyl (C=O) groups is 2. The Bertz CT molecular complexity index is 1490. The maximum atomic E-state index is 12.9. The smallest absolute Gasteiger partial charge is 0.255 e. The van der Waals surface area contributed by atoms with Gasteiger partial charge in [-0.1, -0.05) is 29.0 Å². The molecule has 2 N–H and O–H groups in total. The van der Waals surface area contributed by atoms with E-state index in [1.165, 1.54) is 18.3 Å². The van der Waals surface area contributed by atoms with E-state index in [1.807, 2.05) is 12.1 Å². The number of thiazole rings is 1. The molecule has 4 aromatic rings. The number of hydrogen-bond acceptors (Lipinski definition) is 6. The van der Waals surface area contributed by atoms with Crippen LogP contribution in [0.4, 0.5) is 10.8 Å². The lowest BCUT2D eigenvalue weighted by Crippen LogP contribution is -2.17. The van der Waals surface area contributed by atoms with Gasteiger partial charge in [-0.15, -0.1) is 0 Å². The minimum atomic E-state index is -0.830. The molecule has 0 radical (unpaired) electrons. The molecular formula is C26H21ClN4O3S. The van der Waals surface area contributed by atoms with Crippen molar-refractivity contribution >= 4 is 55.8 Å². The highest BCUT2D eigenvalue weighted by Gasteiger charge is 2.24. The fourth-order valence-corrected chi connectivity index (χ4v) is 4.65. The van der Waals surface area contributed by atoms with Crippen molar-refractivity contribution in [2.45, 2.75) is 26.2 Å². The third-order valence-corrected chi connectivity index (χ3v) is 6.42. The lowest BCUT2D eigenvalue weighted by Gasteiger charge is -2.18. The predicted octanol–water partition coefficient (Wildman–Crippen LogP) is 6.75. The van der Waals surface area contributed by atoms with E-state index in [9.17, 15) is 14.9 Å². The van der Waals surface area contributed by atoms with E-state index in [0.29, 0.717) is 38.5 Å². The number of rotatable bonds is 6. The van der Waals surface area contributed by atoms with E-state index >= 15 is 0 Å². The summed E-state index contributed by atoms with van der Waals surface area (Å²) in [6, 6.07) is 19.6. The second kappa shape index (κ2) is 9.74. The van der Waals surface area contributed by atoms with Crippen LogP contribution in [0.5, 0.6) is 11.5 Å². The van der Waals surface area contributed by atoms with Crippen LogP contribution >= 0.6 is 22.9 Å². The average molecular weight is 505 g/mol. The Morgan fingerprint density at radius 3 is 2.57 bits per heavy atom. The van der Waals surface area contributed by atoms with Gasteiger partial charge >= 0.3 is 0 Å². The maximum absolute atomic E-state index is 12.9. The molecule has 0 atom stereocenters. The van der Waals surface area contributed by atoms with E-state index in [2.05, 4.69) is 21.7 Å². The fourth-order valence-electron chi connectivity index (χ4n) is 3.35. The number of nitrogens with zero attached hydrogens (tertiary/aromatic N) is 2. The Kier molecular flexibility index (Phi) is 6.74. The summed E-state index contributed by atoms with van der Waals surface area (Å²) in [6.45, 7) is 4.94. The van der Waals surface area contributed by atoms with Crippen molar-refractivity contribution < 1.29 is 14.3 Å². The molecule has 1 aromatic heterocycles. The van der Waals surface area contributed by atoms with Gasteiger partial charge in [0, 0.05) is 35.3 Å². The molecule has 3 aromatic carbocycles. The number of amides is 2. The van der Waals surface area contributed by atoms with E-state index in [0.717, 1.165) is 10.2 Å². The molecule has 0 aliphatic carbocycles. The second-order valence-corrected chi connectivity index (χ2v) is 9.78. The number of aromatic nitrogens is 1. The van der Waals surface area contributed by atoms with Gasteiger partial charge < -0.3 is 15.4 Å². The molecule has 0 saturated carbocycles. The summed E-state index contributed by atoms with van der Waals surface area (Å²) in [5.74, 6) is 0.629. The minimum absolute atomic E-state index is 0.178. The van der Waals surface area contributed by atoms with Gasteiger partial charge in [0.1, 0.15) is 11.5 Å². The van der Waals surface area contributed by atoms with Gasteiger partial charge in [0.15, 0.2) is 5.13 Å². The van der Waals surface area contributed by atoms with Crippen molar-refractivity contribution in [2.24, 2.45) is 0 Å². The normalized spacial score (nSPS) is 11.1. The lowest BCUT2D eigenvalue weighted by atomic mass is 9.85. The van der Waals surface area contributed by atoms with Crippen molar-refractivity contribution in [1.82, 2.24) is 4.98 Å². The number of halogens is 1. The number of nitriles is 1. The third-order valence-electron chi connectivity index (χ3n) is 5.15. The number of ether oxygens (including phenoxy) is 1. The van der Waals surface area contributed by atoms with Gasteiger partial charge in [-0.05, 0) is 61.9 Å². The average Bonchev–Trinajstić information content (AvgIpc) is 3.20. The standard InChI is InChI=1S/C26H21ClN4O3S/c1-15(32)29-25-31-22-10-8-19(13-23(22)35-25)34-18-6-4-5-17(12-18)30-24(33)16-7-9-21(27)20(11-16)26(2,3)14-28/h4-13H,1-3H3,(H,30,33)(H,29,31,32). The summed E-state index contributed by atoms with van der Waals surface area (Å²) in [5.41, 5.74) is 1.46. The number of carbonyl (C=O) groups excluding carboxylic acids is 2. The molecular weight excluding hydrogens is 484 g/mol. The monoisotopic (exact) mass is 504 g/mol. The van der Waals surface area contributed by atoms with Crippen LogP contribution < -0.4 is 15.4 Å². The molecule has 35 heavy (non-hydrogen) atoms. The SMILES string of the molecule is CC(=O)Nc1nc2ccc(Oc3cccc(NC(=O)c4ccc(Cl)c(C(C)(C)C#N)c4)c3)cc2s1. The summed E-state index contributed by atoms with van der Waals surface area (Å²) < 4.78 is 6.86. The van der Waals surface area contributed by atoms with Gasteiger partial charge in [-0.2, -0.15) is 5.26 Å². The highest BCUT2D eigenvalue weighted by molar-refractivity contribution is 7.22. The van der Waals surface area contributed by atoms with Crippen LogP contribution in [0.3, 0.4) is 0 Å². The minimum Gasteiger partial charge on any atom is -0.457 e. The molecule has 2 amide bonds. The van der Waals surface area contributed by atoms with Crippen LogP contribution in [0.25, 0.3) is 10.2 Å².